The molecule has 1 fully saturated rings. The first-order chi connectivity index (χ1) is 17.9. The maximum atomic E-state index is 13.5. The summed E-state index contributed by atoms with van der Waals surface area (Å²) in [6.07, 6.45) is 2.15. The van der Waals surface area contributed by atoms with Crippen LogP contribution >= 0.6 is 0 Å². The number of aliphatic hydroxyl groups is 1. The molecule has 0 spiro atoms. The number of piperazine rings is 1. The summed E-state index contributed by atoms with van der Waals surface area (Å²) in [6, 6.07) is 6.69. The van der Waals surface area contributed by atoms with Crippen molar-refractivity contribution in [1.29, 1.82) is 0 Å². The molecule has 1 aromatic carbocycles. The van der Waals surface area contributed by atoms with Gasteiger partial charge in [-0.25, -0.2) is 17.6 Å². The third-order valence-electron chi connectivity index (χ3n) is 6.67. The molecule has 4 aromatic rings. The molecule has 1 aliphatic heterocycles. The number of aromatic nitrogens is 5. The van der Waals surface area contributed by atoms with Crippen molar-refractivity contribution >= 4 is 26.7 Å². The molecule has 37 heavy (non-hydrogen) atoms. The highest BCUT2D eigenvalue weighted by Crippen LogP contribution is 2.35. The highest BCUT2D eigenvalue weighted by atomic mass is 32.2. The van der Waals surface area contributed by atoms with Gasteiger partial charge in [0.25, 0.3) is 0 Å². The second-order valence-corrected chi connectivity index (χ2v) is 10.9. The summed E-state index contributed by atoms with van der Waals surface area (Å²) in [5.74, 6) is 0.530. The molecule has 1 saturated heterocycles. The molecular weight excluding hydrogens is 498 g/mol. The number of aliphatic hydroxyl groups excluding tert-OH is 1. The minimum Gasteiger partial charge on any atom is -0.493 e. The van der Waals surface area contributed by atoms with Gasteiger partial charge in [-0.05, 0) is 37.6 Å². The van der Waals surface area contributed by atoms with E-state index < -0.39 is 10.0 Å². The van der Waals surface area contributed by atoms with Crippen LogP contribution in [0.3, 0.4) is 0 Å². The highest BCUT2D eigenvalue weighted by Gasteiger charge is 2.29. The maximum Gasteiger partial charge on any atom is 0.335 e. The smallest absolute Gasteiger partial charge is 0.335 e. The summed E-state index contributed by atoms with van der Waals surface area (Å²) >= 11 is 0. The van der Waals surface area contributed by atoms with Crippen molar-refractivity contribution in [2.24, 2.45) is 0 Å². The zero-order valence-corrected chi connectivity index (χ0v) is 21.7. The highest BCUT2D eigenvalue weighted by molar-refractivity contribution is 7.89. The van der Waals surface area contributed by atoms with Gasteiger partial charge in [0, 0.05) is 44.8 Å². The predicted octanol–water partition coefficient (Wildman–Crippen LogP) is 1.15. The van der Waals surface area contributed by atoms with Gasteiger partial charge in [0.05, 0.1) is 29.3 Å². The van der Waals surface area contributed by atoms with Crippen LogP contribution in [0.25, 0.3) is 27.9 Å². The Balaban J connectivity index is 1.61. The molecule has 0 bridgehead atoms. The number of aromatic amines is 1. The van der Waals surface area contributed by atoms with E-state index in [2.05, 4.69) is 15.2 Å². The Kier molecular flexibility index (Phi) is 7.03. The van der Waals surface area contributed by atoms with E-state index in [4.69, 9.17) is 4.74 Å². The van der Waals surface area contributed by atoms with Gasteiger partial charge in [-0.15, -0.1) is 10.2 Å². The second-order valence-electron chi connectivity index (χ2n) is 8.96. The molecule has 4 heterocycles. The van der Waals surface area contributed by atoms with Crippen LogP contribution in [-0.4, -0.2) is 92.8 Å². The summed E-state index contributed by atoms with van der Waals surface area (Å²) < 4.78 is 37.5. The number of benzene rings is 1. The number of hydrogen-bond donors (Lipinski definition) is 2. The van der Waals surface area contributed by atoms with Gasteiger partial charge in [0.1, 0.15) is 17.6 Å². The predicted molar refractivity (Wildman–Crippen MR) is 138 cm³/mol. The first kappa shape index (κ1) is 25.4. The first-order valence-corrected chi connectivity index (χ1v) is 13.9. The lowest BCUT2D eigenvalue weighted by Gasteiger charge is -2.33. The number of aryl methyl sites for hydroxylation is 1. The molecule has 12 nitrogen and oxygen atoms in total. The van der Waals surface area contributed by atoms with E-state index in [1.54, 1.807) is 22.8 Å². The molecule has 0 radical (unpaired) electrons. The summed E-state index contributed by atoms with van der Waals surface area (Å²) in [5.41, 5.74) is 2.66. The zero-order chi connectivity index (χ0) is 26.2. The molecule has 0 amide bonds. The first-order valence-electron chi connectivity index (χ1n) is 12.4. The number of fused-ring (bicyclic) bond motifs is 3. The van der Waals surface area contributed by atoms with Crippen LogP contribution in [0.2, 0.25) is 0 Å². The lowest BCUT2D eigenvalue weighted by atomic mass is 10.1. The van der Waals surface area contributed by atoms with E-state index >= 15 is 0 Å². The molecule has 0 unspecified atom stereocenters. The molecule has 5 rings (SSSR count). The van der Waals surface area contributed by atoms with E-state index in [-0.39, 0.29) is 17.2 Å². The number of β-amino-alcohol motifs (C(OH)–C–C–N with tert-alkyl or cyclic N) is 1. The number of ether oxygens (including phenoxy) is 1. The normalized spacial score (nSPS) is 15.6. The second kappa shape index (κ2) is 10.2. The van der Waals surface area contributed by atoms with Crippen LogP contribution in [0.5, 0.6) is 5.75 Å². The fourth-order valence-electron chi connectivity index (χ4n) is 4.84. The minimum absolute atomic E-state index is 0.0483. The maximum absolute atomic E-state index is 13.5. The van der Waals surface area contributed by atoms with Gasteiger partial charge in [-0.1, -0.05) is 6.92 Å². The monoisotopic (exact) mass is 529 g/mol. The number of H-pyrrole nitrogens is 1. The number of rotatable bonds is 9. The molecule has 1 aliphatic rings. The largest absolute Gasteiger partial charge is 0.493 e. The topological polar surface area (TPSA) is 138 Å². The lowest BCUT2D eigenvalue weighted by molar-refractivity contribution is 0.151. The molecule has 198 valence electrons. The van der Waals surface area contributed by atoms with Crippen LogP contribution in [0, 0.1) is 0 Å². The molecule has 0 saturated carbocycles. The molecular formula is C24H31N7O5S. The Morgan fingerprint density at radius 2 is 1.89 bits per heavy atom. The van der Waals surface area contributed by atoms with Gasteiger partial charge in [-0.3, -0.25) is 9.47 Å². The van der Waals surface area contributed by atoms with Crippen molar-refractivity contribution < 1.29 is 18.3 Å². The van der Waals surface area contributed by atoms with E-state index in [0.29, 0.717) is 79.6 Å². The third kappa shape index (κ3) is 4.52. The Morgan fingerprint density at radius 1 is 1.11 bits per heavy atom. The Hall–Kier alpha value is -3.26. The van der Waals surface area contributed by atoms with E-state index in [9.17, 15) is 18.3 Å². The molecule has 13 heteroatoms. The minimum atomic E-state index is -3.75. The van der Waals surface area contributed by atoms with Crippen molar-refractivity contribution in [1.82, 2.24) is 33.4 Å². The molecule has 3 aromatic heterocycles. The zero-order valence-electron chi connectivity index (χ0n) is 20.9. The number of hydrogen-bond acceptors (Lipinski definition) is 8. The molecule has 2 N–H and O–H groups in total. The average Bonchev–Trinajstić information content (AvgIpc) is 3.55. The van der Waals surface area contributed by atoms with Crippen molar-refractivity contribution in [3.8, 4) is 17.0 Å². The quantitative estimate of drug-likeness (QED) is 0.329. The number of nitrogens with one attached hydrogen (secondary N) is 1. The fourth-order valence-corrected chi connectivity index (χ4v) is 6.28. The summed E-state index contributed by atoms with van der Waals surface area (Å²) in [4.78, 5) is 18.6. The summed E-state index contributed by atoms with van der Waals surface area (Å²) in [5, 5.41) is 17.2. The molecule has 0 atom stereocenters. The van der Waals surface area contributed by atoms with E-state index in [1.165, 1.54) is 15.0 Å². The van der Waals surface area contributed by atoms with Crippen LogP contribution in [0.1, 0.15) is 20.3 Å². The standard InChI is InChI=1S/C24H31N7O5S/c1-3-7-30-20-15-19(26-22(20)23-27-25-16-31(23)24(30)33)18-14-17(5-6-21(18)36-4-2)37(34,35)29-10-8-28(9-11-29)12-13-32/h5-6,14-16,26,32H,3-4,7-13H2,1-2H3. The summed E-state index contributed by atoms with van der Waals surface area (Å²) in [7, 11) is -3.75. The van der Waals surface area contributed by atoms with Crippen molar-refractivity contribution in [2.75, 3.05) is 45.9 Å². The number of nitrogens with zero attached hydrogens (tertiary/aromatic N) is 6. The van der Waals surface area contributed by atoms with Crippen LogP contribution in [0.15, 0.2) is 40.3 Å². The van der Waals surface area contributed by atoms with Crippen LogP contribution < -0.4 is 10.4 Å². The Labute approximate surface area is 214 Å². The lowest BCUT2D eigenvalue weighted by Crippen LogP contribution is -2.49. The SMILES string of the molecule is CCCn1c(=O)n2cnnc2c2[nH]c(-c3cc(S(=O)(=O)N4CCN(CCO)CC4)ccc3OCC)cc21. The average molecular weight is 530 g/mol. The van der Waals surface area contributed by atoms with Crippen LogP contribution in [0.4, 0.5) is 0 Å². The third-order valence-corrected chi connectivity index (χ3v) is 8.56. The van der Waals surface area contributed by atoms with Gasteiger partial charge < -0.3 is 14.8 Å². The van der Waals surface area contributed by atoms with Crippen molar-refractivity contribution in [3.05, 3.63) is 41.1 Å². The van der Waals surface area contributed by atoms with Gasteiger partial charge >= 0.3 is 5.69 Å². The molecule has 0 aliphatic carbocycles. The van der Waals surface area contributed by atoms with Gasteiger partial charge in [0.2, 0.25) is 10.0 Å². The van der Waals surface area contributed by atoms with Crippen LogP contribution in [-0.2, 0) is 16.6 Å². The fraction of sp³-hybridized carbons (Fsp3) is 0.458. The Morgan fingerprint density at radius 3 is 2.59 bits per heavy atom. The van der Waals surface area contributed by atoms with E-state index in [1.807, 2.05) is 24.8 Å². The summed E-state index contributed by atoms with van der Waals surface area (Å²) in [6.45, 7) is 7.19. The van der Waals surface area contributed by atoms with Gasteiger partial charge in [0.15, 0.2) is 5.65 Å². The van der Waals surface area contributed by atoms with Crippen molar-refractivity contribution in [2.45, 2.75) is 31.7 Å². The van der Waals surface area contributed by atoms with Crippen molar-refractivity contribution in [3.63, 3.8) is 0 Å². The van der Waals surface area contributed by atoms with E-state index in [0.717, 1.165) is 6.42 Å². The van der Waals surface area contributed by atoms with Gasteiger partial charge in [-0.2, -0.15) is 4.31 Å². The number of sulfonamides is 1. The Bertz CT molecular complexity index is 1580.